The molecule has 1 heterocycles. The Morgan fingerprint density at radius 2 is 1.79 bits per heavy atom. The van der Waals surface area contributed by atoms with E-state index in [0.717, 1.165) is 81.0 Å². The van der Waals surface area contributed by atoms with E-state index in [1.807, 2.05) is 24.3 Å². The third kappa shape index (κ3) is 5.34. The van der Waals surface area contributed by atoms with E-state index in [2.05, 4.69) is 36.5 Å². The largest absolute Gasteiger partial charge is 0.457 e. The number of hydrogen-bond acceptors (Lipinski definition) is 4. The van der Waals surface area contributed by atoms with Gasteiger partial charge in [-0.3, -0.25) is 0 Å². The smallest absolute Gasteiger partial charge is 0.133 e. The van der Waals surface area contributed by atoms with Crippen LogP contribution in [0.15, 0.2) is 48.5 Å². The summed E-state index contributed by atoms with van der Waals surface area (Å²) in [5, 5.41) is 3.55. The molecule has 0 radical (unpaired) electrons. The van der Waals surface area contributed by atoms with Crippen molar-refractivity contribution < 1.29 is 14.2 Å². The lowest BCUT2D eigenvalue weighted by Crippen LogP contribution is -2.38. The van der Waals surface area contributed by atoms with Gasteiger partial charge in [-0.2, -0.15) is 0 Å². The summed E-state index contributed by atoms with van der Waals surface area (Å²) in [5.41, 5.74) is 1.95. The van der Waals surface area contributed by atoms with E-state index in [9.17, 15) is 0 Å². The van der Waals surface area contributed by atoms with Gasteiger partial charge in [0.2, 0.25) is 0 Å². The van der Waals surface area contributed by atoms with Gasteiger partial charge in [-0.1, -0.05) is 36.4 Å². The van der Waals surface area contributed by atoms with Crippen LogP contribution in [0.25, 0.3) is 0 Å². The van der Waals surface area contributed by atoms with E-state index in [4.69, 9.17) is 14.2 Å². The standard InChI is InChI=1S/C24H33NO3/c1-20-10-3-5-12-22(20)28-23-13-6-4-11-21(23)24(14-7-8-18-26-2)15-17-25-16-9-19-27-24/h3-6,10-13,25H,7-9,14-19H2,1-2H3/t24-/m0/s1. The number of hydrogen-bond donors (Lipinski definition) is 1. The molecule has 3 rings (SSSR count). The van der Waals surface area contributed by atoms with Gasteiger partial charge in [0.15, 0.2) is 0 Å². The van der Waals surface area contributed by atoms with Gasteiger partial charge in [-0.25, -0.2) is 0 Å². The molecule has 1 saturated heterocycles. The molecule has 2 aromatic rings. The summed E-state index contributed by atoms with van der Waals surface area (Å²) in [6.07, 6.45) is 5.03. The van der Waals surface area contributed by atoms with E-state index in [1.165, 1.54) is 0 Å². The first kappa shape index (κ1) is 20.8. The summed E-state index contributed by atoms with van der Waals surface area (Å²) in [6.45, 7) is 5.59. The number of ether oxygens (including phenoxy) is 3. The summed E-state index contributed by atoms with van der Waals surface area (Å²) < 4.78 is 18.2. The molecule has 1 fully saturated rings. The van der Waals surface area contributed by atoms with E-state index < -0.39 is 0 Å². The molecular formula is C24H33NO3. The van der Waals surface area contributed by atoms with Gasteiger partial charge in [0.05, 0.1) is 5.60 Å². The van der Waals surface area contributed by atoms with Crippen LogP contribution < -0.4 is 10.1 Å². The Labute approximate surface area is 169 Å². The van der Waals surface area contributed by atoms with Gasteiger partial charge < -0.3 is 19.5 Å². The third-order valence-electron chi connectivity index (χ3n) is 5.45. The zero-order valence-electron chi connectivity index (χ0n) is 17.2. The lowest BCUT2D eigenvalue weighted by atomic mass is 9.84. The molecule has 0 bridgehead atoms. The lowest BCUT2D eigenvalue weighted by molar-refractivity contribution is -0.0719. The van der Waals surface area contributed by atoms with Crippen LogP contribution in [0.3, 0.4) is 0 Å². The maximum atomic E-state index is 6.58. The normalized spacial score (nSPS) is 20.4. The topological polar surface area (TPSA) is 39.7 Å². The highest BCUT2D eigenvalue weighted by molar-refractivity contribution is 5.43. The first-order chi connectivity index (χ1) is 13.7. The summed E-state index contributed by atoms with van der Waals surface area (Å²) in [4.78, 5) is 0. The van der Waals surface area contributed by atoms with Crippen molar-refractivity contribution in [3.8, 4) is 11.5 Å². The maximum absolute atomic E-state index is 6.58. The molecule has 2 aromatic carbocycles. The lowest BCUT2D eigenvalue weighted by Gasteiger charge is -2.37. The summed E-state index contributed by atoms with van der Waals surface area (Å²) in [6, 6.07) is 16.5. The molecule has 4 nitrogen and oxygen atoms in total. The van der Waals surface area contributed by atoms with Crippen molar-refractivity contribution in [1.82, 2.24) is 5.32 Å². The van der Waals surface area contributed by atoms with E-state index in [1.54, 1.807) is 7.11 Å². The Kier molecular flexibility index (Phi) is 7.90. The molecular weight excluding hydrogens is 350 g/mol. The van der Waals surface area contributed by atoms with Gasteiger partial charge in [-0.05, 0) is 69.8 Å². The number of methoxy groups -OCH3 is 1. The Morgan fingerprint density at radius 1 is 1.00 bits per heavy atom. The molecule has 1 N–H and O–H groups in total. The number of unbranched alkanes of at least 4 members (excludes halogenated alkanes) is 1. The molecule has 28 heavy (non-hydrogen) atoms. The van der Waals surface area contributed by atoms with Crippen LogP contribution in [0.5, 0.6) is 11.5 Å². The monoisotopic (exact) mass is 383 g/mol. The average molecular weight is 384 g/mol. The zero-order chi connectivity index (χ0) is 19.7. The molecule has 1 atom stereocenters. The van der Waals surface area contributed by atoms with Crippen LogP contribution in [0.1, 0.15) is 43.2 Å². The van der Waals surface area contributed by atoms with Crippen LogP contribution in [-0.4, -0.2) is 33.4 Å². The van der Waals surface area contributed by atoms with Crippen molar-refractivity contribution in [2.24, 2.45) is 0 Å². The quantitative estimate of drug-likeness (QED) is 0.636. The first-order valence-corrected chi connectivity index (χ1v) is 10.4. The molecule has 4 heteroatoms. The summed E-state index contributed by atoms with van der Waals surface area (Å²) in [5.74, 6) is 1.79. The minimum Gasteiger partial charge on any atom is -0.457 e. The van der Waals surface area contributed by atoms with E-state index in [0.29, 0.717) is 0 Å². The third-order valence-corrected chi connectivity index (χ3v) is 5.45. The van der Waals surface area contributed by atoms with Crippen LogP contribution in [-0.2, 0) is 15.1 Å². The van der Waals surface area contributed by atoms with Gasteiger partial charge in [-0.15, -0.1) is 0 Å². The Bertz CT molecular complexity index is 723. The van der Waals surface area contributed by atoms with E-state index in [-0.39, 0.29) is 5.60 Å². The van der Waals surface area contributed by atoms with Crippen LogP contribution in [0.4, 0.5) is 0 Å². The molecule has 1 aliphatic rings. The van der Waals surface area contributed by atoms with Gasteiger partial charge >= 0.3 is 0 Å². The highest BCUT2D eigenvalue weighted by Gasteiger charge is 2.36. The minimum absolute atomic E-state index is 0.333. The zero-order valence-corrected chi connectivity index (χ0v) is 17.2. The molecule has 0 saturated carbocycles. The second-order valence-electron chi connectivity index (χ2n) is 7.51. The van der Waals surface area contributed by atoms with Crippen molar-refractivity contribution in [3.05, 3.63) is 59.7 Å². The predicted molar refractivity (Wildman–Crippen MR) is 113 cm³/mol. The maximum Gasteiger partial charge on any atom is 0.133 e. The second kappa shape index (κ2) is 10.6. The molecule has 0 amide bonds. The van der Waals surface area contributed by atoms with Crippen LogP contribution >= 0.6 is 0 Å². The predicted octanol–water partition coefficient (Wildman–Crippen LogP) is 5.20. The number of para-hydroxylation sites is 2. The van der Waals surface area contributed by atoms with Crippen LogP contribution in [0, 0.1) is 6.92 Å². The molecule has 1 aliphatic heterocycles. The van der Waals surface area contributed by atoms with E-state index >= 15 is 0 Å². The highest BCUT2D eigenvalue weighted by Crippen LogP contribution is 2.42. The molecule has 0 spiro atoms. The van der Waals surface area contributed by atoms with Gasteiger partial charge in [0, 0.05) is 25.9 Å². The highest BCUT2D eigenvalue weighted by atomic mass is 16.5. The van der Waals surface area contributed by atoms with Crippen molar-refractivity contribution >= 4 is 0 Å². The summed E-state index contributed by atoms with van der Waals surface area (Å²) >= 11 is 0. The van der Waals surface area contributed by atoms with Crippen LogP contribution in [0.2, 0.25) is 0 Å². The Morgan fingerprint density at radius 3 is 2.61 bits per heavy atom. The molecule has 0 aliphatic carbocycles. The SMILES string of the molecule is COCCCC[C@@]1(c2ccccc2Oc2ccccc2C)CCNCCCO1. The fourth-order valence-corrected chi connectivity index (χ4v) is 3.87. The van der Waals surface area contributed by atoms with Crippen molar-refractivity contribution in [3.63, 3.8) is 0 Å². The summed E-state index contributed by atoms with van der Waals surface area (Å²) in [7, 11) is 1.76. The molecule has 0 unspecified atom stereocenters. The average Bonchev–Trinajstić information content (AvgIpc) is 2.69. The van der Waals surface area contributed by atoms with Crippen molar-refractivity contribution in [2.45, 2.75) is 44.6 Å². The number of rotatable bonds is 8. The number of aryl methyl sites for hydroxylation is 1. The fourth-order valence-electron chi connectivity index (χ4n) is 3.87. The van der Waals surface area contributed by atoms with Crippen molar-refractivity contribution in [1.29, 1.82) is 0 Å². The fraction of sp³-hybridized carbons (Fsp3) is 0.500. The second-order valence-corrected chi connectivity index (χ2v) is 7.51. The minimum atomic E-state index is -0.333. The Balaban J connectivity index is 1.91. The van der Waals surface area contributed by atoms with Gasteiger partial charge in [0.1, 0.15) is 11.5 Å². The number of nitrogens with one attached hydrogen (secondary N) is 1. The van der Waals surface area contributed by atoms with Gasteiger partial charge in [0.25, 0.3) is 0 Å². The Hall–Kier alpha value is -1.88. The molecule has 0 aromatic heterocycles. The first-order valence-electron chi connectivity index (χ1n) is 10.4. The molecule has 152 valence electrons. The van der Waals surface area contributed by atoms with Crippen molar-refractivity contribution in [2.75, 3.05) is 33.4 Å². The number of benzene rings is 2.